The fourth-order valence-electron chi connectivity index (χ4n) is 3.40. The van der Waals surface area contributed by atoms with E-state index < -0.39 is 0 Å². The third-order valence-electron chi connectivity index (χ3n) is 4.67. The Balaban J connectivity index is 1.42. The van der Waals surface area contributed by atoms with Crippen LogP contribution in [-0.4, -0.2) is 16.7 Å². The monoisotopic (exact) mass is 327 g/mol. The average molecular weight is 327 g/mol. The molecule has 0 saturated carbocycles. The lowest BCUT2D eigenvalue weighted by molar-refractivity contribution is 0.0642. The number of hydrogen-bond acceptors (Lipinski definition) is 3. The van der Waals surface area contributed by atoms with Crippen LogP contribution in [0.25, 0.3) is 22.3 Å². The van der Waals surface area contributed by atoms with E-state index in [0.717, 1.165) is 16.7 Å². The van der Waals surface area contributed by atoms with Crippen LogP contribution in [0.15, 0.2) is 71.1 Å². The second-order valence-electron chi connectivity index (χ2n) is 6.17. The molecule has 4 aromatic rings. The number of carbonyl (C=O) groups excluding carboxylic acids is 2. The zero-order valence-corrected chi connectivity index (χ0v) is 13.2. The molecular formula is C21H13NO3. The molecule has 2 aromatic carbocycles. The van der Waals surface area contributed by atoms with Crippen LogP contribution in [0.5, 0.6) is 0 Å². The van der Waals surface area contributed by atoms with E-state index in [4.69, 9.17) is 4.42 Å². The maximum absolute atomic E-state index is 12.6. The number of hydrogen-bond donors (Lipinski definition) is 0. The smallest absolute Gasteiger partial charge is 0.265 e. The van der Waals surface area contributed by atoms with Crippen LogP contribution >= 0.6 is 0 Å². The van der Waals surface area contributed by atoms with Crippen LogP contribution in [0, 0.1) is 0 Å². The van der Waals surface area contributed by atoms with Gasteiger partial charge in [-0.3, -0.25) is 14.5 Å². The number of fused-ring (bicyclic) bond motifs is 5. The van der Waals surface area contributed by atoms with Gasteiger partial charge in [-0.15, -0.1) is 0 Å². The summed E-state index contributed by atoms with van der Waals surface area (Å²) < 4.78 is 5.42. The van der Waals surface area contributed by atoms with Crippen molar-refractivity contribution in [1.82, 2.24) is 4.90 Å². The predicted molar refractivity (Wildman–Crippen MR) is 93.5 cm³/mol. The van der Waals surface area contributed by atoms with Crippen molar-refractivity contribution in [2.24, 2.45) is 0 Å². The number of rotatable bonds is 3. The van der Waals surface area contributed by atoms with Crippen molar-refractivity contribution in [3.63, 3.8) is 0 Å². The van der Waals surface area contributed by atoms with Crippen LogP contribution < -0.4 is 0 Å². The van der Waals surface area contributed by atoms with Crippen LogP contribution in [0.2, 0.25) is 0 Å². The summed E-state index contributed by atoms with van der Waals surface area (Å²) >= 11 is 0. The first-order chi connectivity index (χ1) is 12.2. The minimum atomic E-state index is -0.276. The van der Waals surface area contributed by atoms with Crippen LogP contribution in [0.4, 0.5) is 0 Å². The molecule has 2 aromatic heterocycles. The number of amides is 2. The Hall–Kier alpha value is -3.40. The Morgan fingerprint density at radius 3 is 1.84 bits per heavy atom. The normalized spacial score (nSPS) is 13.8. The summed E-state index contributed by atoms with van der Waals surface area (Å²) in [4.78, 5) is 26.4. The topological polar surface area (TPSA) is 50.5 Å². The number of nitrogens with zero attached hydrogens (tertiary/aromatic N) is 1. The Morgan fingerprint density at radius 2 is 1.24 bits per heavy atom. The number of furan rings is 2. The minimum Gasteiger partial charge on any atom is -0.456 e. The van der Waals surface area contributed by atoms with Crippen LogP contribution in [0.3, 0.4) is 0 Å². The van der Waals surface area contributed by atoms with Gasteiger partial charge in [-0.2, -0.15) is 0 Å². The Bertz CT molecular complexity index is 1050. The lowest BCUT2D eigenvalue weighted by atomic mass is 10.0. The van der Waals surface area contributed by atoms with E-state index in [1.807, 2.05) is 54.6 Å². The molecular weight excluding hydrogens is 314 g/mol. The van der Waals surface area contributed by atoms with Crippen LogP contribution in [0.1, 0.15) is 26.3 Å². The quantitative estimate of drug-likeness (QED) is 0.526. The molecule has 4 nitrogen and oxygen atoms in total. The molecule has 0 N–H and O–H groups in total. The van der Waals surface area contributed by atoms with Crippen molar-refractivity contribution in [3.8, 4) is 11.1 Å². The lowest BCUT2D eigenvalue weighted by Gasteiger charge is -2.14. The molecule has 2 bridgehead atoms. The maximum atomic E-state index is 12.6. The molecule has 0 spiro atoms. The van der Waals surface area contributed by atoms with E-state index in [2.05, 4.69) is 0 Å². The average Bonchev–Trinajstić information content (AvgIpc) is 3.33. The van der Waals surface area contributed by atoms with Gasteiger partial charge in [0.05, 0.1) is 17.7 Å². The predicted octanol–water partition coefficient (Wildman–Crippen LogP) is 4.33. The summed E-state index contributed by atoms with van der Waals surface area (Å²) in [6.07, 6.45) is 0. The van der Waals surface area contributed by atoms with E-state index in [9.17, 15) is 9.59 Å². The van der Waals surface area contributed by atoms with Crippen molar-refractivity contribution in [3.05, 3.63) is 83.4 Å². The van der Waals surface area contributed by atoms with Gasteiger partial charge in [-0.25, -0.2) is 0 Å². The summed E-state index contributed by atoms with van der Waals surface area (Å²) in [6.45, 7) is 0.264. The van der Waals surface area contributed by atoms with Crippen molar-refractivity contribution in [2.75, 3.05) is 0 Å². The first-order valence-corrected chi connectivity index (χ1v) is 8.08. The van der Waals surface area contributed by atoms with E-state index in [0.29, 0.717) is 22.3 Å². The minimum absolute atomic E-state index is 0.264. The molecule has 0 saturated heterocycles. The summed E-state index contributed by atoms with van der Waals surface area (Å²) in [5.41, 5.74) is 4.95. The molecule has 3 heterocycles. The first-order valence-electron chi connectivity index (χ1n) is 8.08. The number of imide groups is 1. The van der Waals surface area contributed by atoms with E-state index >= 15 is 0 Å². The highest BCUT2D eigenvalue weighted by Gasteiger charge is 2.41. The van der Waals surface area contributed by atoms with Crippen molar-refractivity contribution in [1.29, 1.82) is 0 Å². The van der Waals surface area contributed by atoms with Gasteiger partial charge in [0.25, 0.3) is 11.8 Å². The summed E-state index contributed by atoms with van der Waals surface area (Å²) in [6, 6.07) is 21.5. The Kier molecular flexibility index (Phi) is 2.82. The van der Waals surface area contributed by atoms with Crippen molar-refractivity contribution in [2.45, 2.75) is 6.54 Å². The molecule has 0 unspecified atom stereocenters. The molecule has 120 valence electrons. The molecule has 0 radical (unpaired) electrons. The largest absolute Gasteiger partial charge is 0.456 e. The van der Waals surface area contributed by atoms with E-state index in [1.54, 1.807) is 12.1 Å². The highest BCUT2D eigenvalue weighted by molar-refractivity contribution is 6.27. The Morgan fingerprint density at radius 1 is 0.680 bits per heavy atom. The number of benzene rings is 3. The molecule has 1 aliphatic rings. The SMILES string of the molecule is O=C1c2c(c3ccc2o3)C(=O)N1Cc1ccc(-c2ccccc2)cc1. The van der Waals surface area contributed by atoms with Gasteiger partial charge in [0.1, 0.15) is 11.2 Å². The van der Waals surface area contributed by atoms with Crippen molar-refractivity contribution < 1.29 is 14.0 Å². The van der Waals surface area contributed by atoms with Gasteiger partial charge < -0.3 is 4.42 Å². The molecule has 1 aliphatic heterocycles. The fraction of sp³-hybridized carbons (Fsp3) is 0.0476. The Labute approximate surface area is 143 Å². The van der Waals surface area contributed by atoms with Gasteiger partial charge >= 0.3 is 0 Å². The highest BCUT2D eigenvalue weighted by atomic mass is 16.3. The molecule has 0 atom stereocenters. The van der Waals surface area contributed by atoms with Gasteiger partial charge in [0, 0.05) is 0 Å². The fourth-order valence-corrected chi connectivity index (χ4v) is 3.40. The van der Waals surface area contributed by atoms with Gasteiger partial charge in [-0.1, -0.05) is 54.6 Å². The number of carbonyl (C=O) groups is 2. The van der Waals surface area contributed by atoms with E-state index in [1.165, 1.54) is 4.90 Å². The second kappa shape index (κ2) is 5.05. The van der Waals surface area contributed by atoms with Gasteiger partial charge in [0.15, 0.2) is 0 Å². The summed E-state index contributed by atoms with van der Waals surface area (Å²) in [5.74, 6) is -0.553. The molecule has 0 fully saturated rings. The van der Waals surface area contributed by atoms with Gasteiger partial charge in [-0.05, 0) is 28.8 Å². The lowest BCUT2D eigenvalue weighted by Crippen LogP contribution is -2.29. The molecule has 5 rings (SSSR count). The maximum Gasteiger partial charge on any atom is 0.265 e. The molecule has 2 amide bonds. The molecule has 25 heavy (non-hydrogen) atoms. The third-order valence-corrected chi connectivity index (χ3v) is 4.67. The molecule has 0 aliphatic carbocycles. The first kappa shape index (κ1) is 14.0. The second-order valence-corrected chi connectivity index (χ2v) is 6.17. The van der Waals surface area contributed by atoms with Crippen molar-refractivity contribution >= 4 is 23.0 Å². The zero-order chi connectivity index (χ0) is 17.0. The molecule has 4 heteroatoms. The van der Waals surface area contributed by atoms with E-state index in [-0.39, 0.29) is 18.4 Å². The summed E-state index contributed by atoms with van der Waals surface area (Å²) in [5, 5.41) is 0. The summed E-state index contributed by atoms with van der Waals surface area (Å²) in [7, 11) is 0. The van der Waals surface area contributed by atoms with Crippen LogP contribution in [-0.2, 0) is 6.54 Å². The highest BCUT2D eigenvalue weighted by Crippen LogP contribution is 2.36. The van der Waals surface area contributed by atoms with Gasteiger partial charge in [0.2, 0.25) is 0 Å². The zero-order valence-electron chi connectivity index (χ0n) is 13.2. The third kappa shape index (κ3) is 2.01. The standard InChI is InChI=1S/C21H13NO3/c23-20-18-16-10-11-17(25-16)19(18)21(24)22(20)12-13-6-8-15(9-7-13)14-4-2-1-3-5-14/h1-11H,12H2.